The minimum absolute atomic E-state index is 0.507. The predicted octanol–water partition coefficient (Wildman–Crippen LogP) is 5.24. The van der Waals surface area contributed by atoms with Crippen LogP contribution in [0.15, 0.2) is 41.6 Å². The molecular formula is C15H14Cl2N2O. The van der Waals surface area contributed by atoms with Crippen molar-refractivity contribution >= 4 is 40.3 Å². The standard InChI is InChI=1S/C15H14Cl2N2O/c1-9-7-8-12(16)15(14(9)17)18-13-6-4-3-5-11(13)10(2)19-20/h3-8,18,20H,1-2H3. The van der Waals surface area contributed by atoms with E-state index in [0.29, 0.717) is 21.4 Å². The van der Waals surface area contributed by atoms with E-state index in [1.54, 1.807) is 13.0 Å². The van der Waals surface area contributed by atoms with Gasteiger partial charge in [0.25, 0.3) is 0 Å². The summed E-state index contributed by atoms with van der Waals surface area (Å²) in [5, 5.41) is 16.5. The SMILES string of the molecule is CC(=NO)c1ccccc1Nc1c(Cl)ccc(C)c1Cl. The second-order valence-corrected chi connectivity index (χ2v) is 5.19. The van der Waals surface area contributed by atoms with Gasteiger partial charge in [0.15, 0.2) is 0 Å². The molecule has 0 aliphatic heterocycles. The number of hydrogen-bond donors (Lipinski definition) is 2. The third-order valence-electron chi connectivity index (χ3n) is 3.01. The fraction of sp³-hybridized carbons (Fsp3) is 0.133. The molecule has 0 unspecified atom stereocenters. The van der Waals surface area contributed by atoms with Gasteiger partial charge in [-0.15, -0.1) is 0 Å². The Morgan fingerprint density at radius 1 is 1.15 bits per heavy atom. The lowest BCUT2D eigenvalue weighted by Crippen LogP contribution is -2.02. The van der Waals surface area contributed by atoms with Crippen LogP contribution >= 0.6 is 23.2 Å². The first-order valence-corrected chi connectivity index (χ1v) is 6.80. The average Bonchev–Trinajstić information content (AvgIpc) is 2.47. The Morgan fingerprint density at radius 2 is 1.85 bits per heavy atom. The number of oxime groups is 1. The summed E-state index contributed by atoms with van der Waals surface area (Å²) in [7, 11) is 0. The van der Waals surface area contributed by atoms with Crippen molar-refractivity contribution in [3.05, 3.63) is 57.6 Å². The highest BCUT2D eigenvalue weighted by molar-refractivity contribution is 6.39. The number of nitrogens with zero attached hydrogens (tertiary/aromatic N) is 1. The molecule has 2 aromatic carbocycles. The van der Waals surface area contributed by atoms with Gasteiger partial charge in [0.2, 0.25) is 0 Å². The van der Waals surface area contributed by atoms with Crippen LogP contribution in [0.1, 0.15) is 18.1 Å². The molecule has 0 aromatic heterocycles. The van der Waals surface area contributed by atoms with Crippen molar-refractivity contribution in [3.8, 4) is 0 Å². The lowest BCUT2D eigenvalue weighted by Gasteiger charge is -2.15. The largest absolute Gasteiger partial charge is 0.411 e. The highest BCUT2D eigenvalue weighted by Crippen LogP contribution is 2.35. The van der Waals surface area contributed by atoms with Crippen LogP contribution in [0.3, 0.4) is 0 Å². The van der Waals surface area contributed by atoms with E-state index < -0.39 is 0 Å². The van der Waals surface area contributed by atoms with Crippen molar-refractivity contribution in [1.82, 2.24) is 0 Å². The van der Waals surface area contributed by atoms with Gasteiger partial charge < -0.3 is 10.5 Å². The van der Waals surface area contributed by atoms with Gasteiger partial charge in [-0.1, -0.05) is 52.6 Å². The molecule has 0 aliphatic carbocycles. The summed E-state index contributed by atoms with van der Waals surface area (Å²) in [4.78, 5) is 0. The van der Waals surface area contributed by atoms with E-state index in [1.165, 1.54) is 0 Å². The van der Waals surface area contributed by atoms with Crippen LogP contribution in [0.2, 0.25) is 10.0 Å². The van der Waals surface area contributed by atoms with Gasteiger partial charge in [-0.05, 0) is 31.5 Å². The molecule has 0 fully saturated rings. The molecule has 0 aliphatic rings. The van der Waals surface area contributed by atoms with E-state index >= 15 is 0 Å². The second kappa shape index (κ2) is 6.16. The van der Waals surface area contributed by atoms with E-state index in [1.807, 2.05) is 37.3 Å². The number of benzene rings is 2. The van der Waals surface area contributed by atoms with Crippen LogP contribution in [-0.2, 0) is 0 Å². The molecule has 2 aromatic rings. The smallest absolute Gasteiger partial charge is 0.0857 e. The zero-order valence-corrected chi connectivity index (χ0v) is 12.6. The topological polar surface area (TPSA) is 44.6 Å². The molecule has 0 bridgehead atoms. The summed E-state index contributed by atoms with van der Waals surface area (Å²) < 4.78 is 0. The van der Waals surface area contributed by atoms with Crippen molar-refractivity contribution in [2.75, 3.05) is 5.32 Å². The summed E-state index contributed by atoms with van der Waals surface area (Å²) in [6.45, 7) is 3.64. The molecule has 0 spiro atoms. The van der Waals surface area contributed by atoms with E-state index in [-0.39, 0.29) is 0 Å². The van der Waals surface area contributed by atoms with Gasteiger partial charge in [-0.25, -0.2) is 0 Å². The van der Waals surface area contributed by atoms with Crippen LogP contribution in [0, 0.1) is 6.92 Å². The van der Waals surface area contributed by atoms with Gasteiger partial charge in [-0.3, -0.25) is 0 Å². The number of anilines is 2. The third-order valence-corrected chi connectivity index (χ3v) is 3.81. The predicted molar refractivity (Wildman–Crippen MR) is 84.9 cm³/mol. The van der Waals surface area contributed by atoms with E-state index in [2.05, 4.69) is 10.5 Å². The van der Waals surface area contributed by atoms with Gasteiger partial charge in [0.05, 0.1) is 21.4 Å². The number of rotatable bonds is 3. The third kappa shape index (κ3) is 2.89. The Balaban J connectivity index is 2.49. The number of aryl methyl sites for hydroxylation is 1. The van der Waals surface area contributed by atoms with Crippen LogP contribution < -0.4 is 5.32 Å². The van der Waals surface area contributed by atoms with Crippen molar-refractivity contribution in [2.45, 2.75) is 13.8 Å². The molecule has 0 heterocycles. The minimum atomic E-state index is 0.507. The summed E-state index contributed by atoms with van der Waals surface area (Å²) >= 11 is 12.5. The van der Waals surface area contributed by atoms with Crippen LogP contribution in [0.4, 0.5) is 11.4 Å². The number of para-hydroxylation sites is 1. The normalized spacial score (nSPS) is 11.5. The minimum Gasteiger partial charge on any atom is -0.411 e. The number of halogens is 2. The maximum atomic E-state index is 8.94. The van der Waals surface area contributed by atoms with E-state index in [0.717, 1.165) is 16.8 Å². The van der Waals surface area contributed by atoms with E-state index in [9.17, 15) is 0 Å². The Kier molecular flexibility index (Phi) is 4.53. The van der Waals surface area contributed by atoms with Gasteiger partial charge in [-0.2, -0.15) is 0 Å². The molecule has 104 valence electrons. The first-order valence-electron chi connectivity index (χ1n) is 6.04. The summed E-state index contributed by atoms with van der Waals surface area (Å²) in [5.74, 6) is 0. The highest BCUT2D eigenvalue weighted by atomic mass is 35.5. The highest BCUT2D eigenvalue weighted by Gasteiger charge is 2.11. The van der Waals surface area contributed by atoms with Crippen molar-refractivity contribution in [1.29, 1.82) is 0 Å². The van der Waals surface area contributed by atoms with Gasteiger partial charge in [0, 0.05) is 11.3 Å². The fourth-order valence-electron chi connectivity index (χ4n) is 1.87. The maximum absolute atomic E-state index is 8.94. The first-order chi connectivity index (χ1) is 9.54. The Labute approximate surface area is 127 Å². The summed E-state index contributed by atoms with van der Waals surface area (Å²) in [6.07, 6.45) is 0. The van der Waals surface area contributed by atoms with Crippen molar-refractivity contribution < 1.29 is 5.21 Å². The molecule has 5 heteroatoms. The molecule has 3 nitrogen and oxygen atoms in total. The zero-order chi connectivity index (χ0) is 14.7. The van der Waals surface area contributed by atoms with Crippen LogP contribution in [-0.4, -0.2) is 10.9 Å². The van der Waals surface area contributed by atoms with Crippen LogP contribution in [0.5, 0.6) is 0 Å². The number of nitrogens with one attached hydrogen (secondary N) is 1. The molecule has 0 saturated heterocycles. The van der Waals surface area contributed by atoms with E-state index in [4.69, 9.17) is 28.4 Å². The van der Waals surface area contributed by atoms with Gasteiger partial charge >= 0.3 is 0 Å². The summed E-state index contributed by atoms with van der Waals surface area (Å²) in [5.41, 5.74) is 3.64. The lowest BCUT2D eigenvalue weighted by atomic mass is 10.1. The molecule has 2 N–H and O–H groups in total. The lowest BCUT2D eigenvalue weighted by molar-refractivity contribution is 0.319. The Morgan fingerprint density at radius 3 is 2.55 bits per heavy atom. The zero-order valence-electron chi connectivity index (χ0n) is 11.1. The molecule has 0 saturated carbocycles. The monoisotopic (exact) mass is 308 g/mol. The molecule has 0 amide bonds. The number of hydrogen-bond acceptors (Lipinski definition) is 3. The van der Waals surface area contributed by atoms with Gasteiger partial charge in [0.1, 0.15) is 0 Å². The summed E-state index contributed by atoms with van der Waals surface area (Å²) in [6, 6.07) is 11.1. The maximum Gasteiger partial charge on any atom is 0.0857 e. The molecule has 20 heavy (non-hydrogen) atoms. The van der Waals surface area contributed by atoms with Crippen molar-refractivity contribution in [3.63, 3.8) is 0 Å². The quantitative estimate of drug-likeness (QED) is 0.462. The second-order valence-electron chi connectivity index (χ2n) is 4.41. The molecular weight excluding hydrogens is 295 g/mol. The molecule has 0 atom stereocenters. The average molecular weight is 309 g/mol. The molecule has 0 radical (unpaired) electrons. The fourth-order valence-corrected chi connectivity index (χ4v) is 2.33. The molecule has 2 rings (SSSR count). The Hall–Kier alpha value is -1.71. The van der Waals surface area contributed by atoms with Crippen molar-refractivity contribution in [2.24, 2.45) is 5.16 Å². The Bertz CT molecular complexity index is 669. The van der Waals surface area contributed by atoms with Crippen LogP contribution in [0.25, 0.3) is 0 Å². The first kappa shape index (κ1) is 14.7.